The molecule has 0 heterocycles. The predicted octanol–water partition coefficient (Wildman–Crippen LogP) is 4.10. The summed E-state index contributed by atoms with van der Waals surface area (Å²) in [5, 5.41) is 11.2. The number of fused-ring (bicyclic) bond motifs is 1. The summed E-state index contributed by atoms with van der Waals surface area (Å²) in [6.45, 7) is -0.156. The van der Waals surface area contributed by atoms with E-state index in [1.165, 1.54) is 12.1 Å². The van der Waals surface area contributed by atoms with Crippen LogP contribution in [-0.4, -0.2) is 13.5 Å². The fourth-order valence-corrected chi connectivity index (χ4v) is 3.57. The molecule has 0 aromatic heterocycles. The number of phenolic OH excluding ortho intramolecular Hbond substituents is 1. The summed E-state index contributed by atoms with van der Waals surface area (Å²) in [5.74, 6) is 0.0191. The van der Waals surface area contributed by atoms with Gasteiger partial charge in [-0.3, -0.25) is 4.18 Å². The minimum Gasteiger partial charge on any atom is -0.507 e. The Morgan fingerprint density at radius 1 is 0.913 bits per heavy atom. The van der Waals surface area contributed by atoms with Crippen molar-refractivity contribution in [3.63, 3.8) is 0 Å². The van der Waals surface area contributed by atoms with Gasteiger partial charge in [-0.15, -0.1) is 0 Å². The van der Waals surface area contributed by atoms with Crippen molar-refractivity contribution < 1.29 is 17.7 Å². The first-order valence-electron chi connectivity index (χ1n) is 6.82. The van der Waals surface area contributed by atoms with Crippen LogP contribution in [0.5, 0.6) is 5.75 Å². The molecule has 3 aromatic carbocycles. The van der Waals surface area contributed by atoms with Crippen molar-refractivity contribution in [2.45, 2.75) is 11.5 Å². The van der Waals surface area contributed by atoms with E-state index in [1.54, 1.807) is 48.5 Å². The molecule has 0 spiro atoms. The lowest BCUT2D eigenvalue weighted by Gasteiger charge is -2.10. The van der Waals surface area contributed by atoms with Crippen molar-refractivity contribution >= 4 is 32.5 Å². The van der Waals surface area contributed by atoms with Crippen LogP contribution in [0.1, 0.15) is 5.56 Å². The molecule has 0 fully saturated rings. The number of hydrogen-bond donors (Lipinski definition) is 1. The highest BCUT2D eigenvalue weighted by Gasteiger charge is 2.20. The first-order valence-corrected chi connectivity index (χ1v) is 8.61. The fourth-order valence-electron chi connectivity index (χ4n) is 2.29. The monoisotopic (exact) mass is 348 g/mol. The van der Waals surface area contributed by atoms with Crippen LogP contribution in [0.4, 0.5) is 0 Å². The van der Waals surface area contributed by atoms with E-state index in [0.717, 1.165) is 0 Å². The zero-order chi connectivity index (χ0) is 16.4. The van der Waals surface area contributed by atoms with Crippen LogP contribution in [0.3, 0.4) is 0 Å². The summed E-state index contributed by atoms with van der Waals surface area (Å²) in [7, 11) is -3.99. The molecular weight excluding hydrogens is 336 g/mol. The summed E-state index contributed by atoms with van der Waals surface area (Å²) < 4.78 is 30.1. The van der Waals surface area contributed by atoms with Gasteiger partial charge in [-0.2, -0.15) is 8.42 Å². The maximum absolute atomic E-state index is 12.5. The molecule has 0 bridgehead atoms. The van der Waals surface area contributed by atoms with Gasteiger partial charge in [0.1, 0.15) is 10.6 Å². The third-order valence-electron chi connectivity index (χ3n) is 3.46. The SMILES string of the molecule is O=S(=O)(OCc1ccccc1Cl)c1ccc(O)c2ccccc12. The van der Waals surface area contributed by atoms with Crippen LogP contribution in [0.15, 0.2) is 65.6 Å². The van der Waals surface area contributed by atoms with Crippen LogP contribution in [0, 0.1) is 0 Å². The summed E-state index contributed by atoms with van der Waals surface area (Å²) in [5.41, 5.74) is 0.584. The third-order valence-corrected chi connectivity index (χ3v) is 5.15. The van der Waals surface area contributed by atoms with Gasteiger partial charge < -0.3 is 5.11 Å². The average molecular weight is 349 g/mol. The first-order chi connectivity index (χ1) is 11.0. The minimum atomic E-state index is -3.99. The largest absolute Gasteiger partial charge is 0.507 e. The van der Waals surface area contributed by atoms with E-state index in [1.807, 2.05) is 0 Å². The van der Waals surface area contributed by atoms with Gasteiger partial charge in [0.25, 0.3) is 10.1 Å². The van der Waals surface area contributed by atoms with Crippen molar-refractivity contribution in [2.75, 3.05) is 0 Å². The maximum atomic E-state index is 12.5. The van der Waals surface area contributed by atoms with Crippen molar-refractivity contribution in [2.24, 2.45) is 0 Å². The zero-order valence-electron chi connectivity index (χ0n) is 11.9. The quantitative estimate of drug-likeness (QED) is 0.721. The molecule has 0 aliphatic rings. The van der Waals surface area contributed by atoms with Gasteiger partial charge in [-0.25, -0.2) is 0 Å². The van der Waals surface area contributed by atoms with Gasteiger partial charge in [0.2, 0.25) is 0 Å². The van der Waals surface area contributed by atoms with Crippen molar-refractivity contribution in [3.8, 4) is 5.75 Å². The lowest BCUT2D eigenvalue weighted by atomic mass is 10.1. The lowest BCUT2D eigenvalue weighted by molar-refractivity contribution is 0.308. The minimum absolute atomic E-state index is 0.0120. The highest BCUT2D eigenvalue weighted by atomic mass is 35.5. The smallest absolute Gasteiger partial charge is 0.297 e. The second-order valence-corrected chi connectivity index (χ2v) is 6.93. The fraction of sp³-hybridized carbons (Fsp3) is 0.0588. The molecule has 23 heavy (non-hydrogen) atoms. The topological polar surface area (TPSA) is 63.6 Å². The molecule has 0 aliphatic heterocycles. The number of phenols is 1. The van der Waals surface area contributed by atoms with Crippen molar-refractivity contribution in [3.05, 3.63) is 71.2 Å². The Morgan fingerprint density at radius 2 is 1.57 bits per heavy atom. The number of hydrogen-bond acceptors (Lipinski definition) is 4. The van der Waals surface area contributed by atoms with Crippen LogP contribution < -0.4 is 0 Å². The van der Waals surface area contributed by atoms with Gasteiger partial charge in [0.15, 0.2) is 0 Å². The van der Waals surface area contributed by atoms with E-state index < -0.39 is 10.1 Å². The lowest BCUT2D eigenvalue weighted by Crippen LogP contribution is -2.07. The molecule has 0 saturated carbocycles. The Hall–Kier alpha value is -2.08. The van der Waals surface area contributed by atoms with E-state index >= 15 is 0 Å². The molecule has 0 saturated heterocycles. The van der Waals surface area contributed by atoms with Crippen molar-refractivity contribution in [1.29, 1.82) is 0 Å². The Kier molecular flexibility index (Phi) is 4.26. The molecule has 1 N–H and O–H groups in total. The summed E-state index contributed by atoms with van der Waals surface area (Å²) >= 11 is 6.01. The second kappa shape index (κ2) is 6.20. The molecule has 118 valence electrons. The Morgan fingerprint density at radius 3 is 2.30 bits per heavy atom. The molecule has 0 unspecified atom stereocenters. The predicted molar refractivity (Wildman–Crippen MR) is 89.0 cm³/mol. The summed E-state index contributed by atoms with van der Waals surface area (Å²) in [6.07, 6.45) is 0. The Labute approximate surface area is 139 Å². The molecule has 0 radical (unpaired) electrons. The van der Waals surface area contributed by atoms with Gasteiger partial charge >= 0.3 is 0 Å². The maximum Gasteiger partial charge on any atom is 0.297 e. The molecule has 3 rings (SSSR count). The van der Waals surface area contributed by atoms with Gasteiger partial charge in [-0.05, 0) is 23.8 Å². The van der Waals surface area contributed by atoms with E-state index in [2.05, 4.69) is 0 Å². The molecule has 0 aliphatic carbocycles. The summed E-state index contributed by atoms with van der Waals surface area (Å²) in [6, 6.07) is 16.3. The van der Waals surface area contributed by atoms with E-state index in [-0.39, 0.29) is 17.3 Å². The molecule has 3 aromatic rings. The third kappa shape index (κ3) is 3.17. The zero-order valence-corrected chi connectivity index (χ0v) is 13.5. The van der Waals surface area contributed by atoms with Crippen molar-refractivity contribution in [1.82, 2.24) is 0 Å². The molecule has 6 heteroatoms. The number of aromatic hydroxyl groups is 1. The molecule has 4 nitrogen and oxygen atoms in total. The summed E-state index contributed by atoms with van der Waals surface area (Å²) in [4.78, 5) is 0.0120. The second-order valence-electron chi connectivity index (χ2n) is 4.94. The normalized spacial score (nSPS) is 11.7. The van der Waals surface area contributed by atoms with Crippen LogP contribution in [0.25, 0.3) is 10.8 Å². The molecular formula is C17H13ClO4S. The standard InChI is InChI=1S/C17H13ClO4S/c18-15-8-4-1-5-12(15)11-22-23(20,21)17-10-9-16(19)13-6-2-3-7-14(13)17/h1-10,19H,11H2. The van der Waals surface area contributed by atoms with E-state index in [4.69, 9.17) is 15.8 Å². The van der Waals surface area contributed by atoms with Crippen LogP contribution in [-0.2, 0) is 20.9 Å². The van der Waals surface area contributed by atoms with Gasteiger partial charge in [0.05, 0.1) is 6.61 Å². The number of halogens is 1. The number of benzene rings is 3. The highest BCUT2D eigenvalue weighted by molar-refractivity contribution is 7.87. The van der Waals surface area contributed by atoms with Crippen LogP contribution >= 0.6 is 11.6 Å². The van der Waals surface area contributed by atoms with E-state index in [9.17, 15) is 13.5 Å². The van der Waals surface area contributed by atoms with Gasteiger partial charge in [0, 0.05) is 15.8 Å². The Balaban J connectivity index is 1.98. The van der Waals surface area contributed by atoms with E-state index in [0.29, 0.717) is 21.4 Å². The first kappa shape index (κ1) is 15.8. The number of rotatable bonds is 4. The highest BCUT2D eigenvalue weighted by Crippen LogP contribution is 2.31. The average Bonchev–Trinajstić information content (AvgIpc) is 2.54. The van der Waals surface area contributed by atoms with Gasteiger partial charge in [-0.1, -0.05) is 54.1 Å². The molecule has 0 atom stereocenters. The molecule has 0 amide bonds. The van der Waals surface area contributed by atoms with Crippen LogP contribution in [0.2, 0.25) is 5.02 Å². The Bertz CT molecular complexity index is 967.